The number of ether oxygens (including phenoxy) is 1. The Balaban J connectivity index is 1.24. The van der Waals surface area contributed by atoms with Crippen molar-refractivity contribution in [2.24, 2.45) is 0 Å². The molecule has 2 fully saturated rings. The fourth-order valence-electron chi connectivity index (χ4n) is 4.16. The Morgan fingerprint density at radius 3 is 2.82 bits per heavy atom. The van der Waals surface area contributed by atoms with E-state index in [0.29, 0.717) is 24.5 Å². The Labute approximate surface area is 164 Å². The number of amides is 1. The van der Waals surface area contributed by atoms with Crippen molar-refractivity contribution in [1.82, 2.24) is 15.4 Å². The number of likely N-dealkylation sites (tertiary alicyclic amines) is 1. The summed E-state index contributed by atoms with van der Waals surface area (Å²) in [5.74, 6) is 0.238. The maximum atomic E-state index is 13.9. The SMILES string of the molecule is Cc1cc(C(=O)NCC2CCC3(CCN(Cc4ccccc4F)CC3)O2)no1. The quantitative estimate of drug-likeness (QED) is 0.854. The van der Waals surface area contributed by atoms with E-state index in [1.54, 1.807) is 19.1 Å². The normalized spacial score (nSPS) is 21.9. The lowest BCUT2D eigenvalue weighted by Gasteiger charge is -2.39. The molecule has 2 aliphatic heterocycles. The molecule has 1 aromatic heterocycles. The van der Waals surface area contributed by atoms with E-state index >= 15 is 0 Å². The number of nitrogens with zero attached hydrogens (tertiary/aromatic N) is 2. The first kappa shape index (κ1) is 19.1. The minimum absolute atomic E-state index is 0.0232. The summed E-state index contributed by atoms with van der Waals surface area (Å²) in [7, 11) is 0. The lowest BCUT2D eigenvalue weighted by atomic mass is 9.88. The molecule has 0 saturated carbocycles. The van der Waals surface area contributed by atoms with Gasteiger partial charge in [0.1, 0.15) is 11.6 Å². The largest absolute Gasteiger partial charge is 0.370 e. The zero-order valence-electron chi connectivity index (χ0n) is 16.1. The maximum Gasteiger partial charge on any atom is 0.273 e. The molecule has 1 N–H and O–H groups in total. The molecule has 4 rings (SSSR count). The van der Waals surface area contributed by atoms with Crippen LogP contribution in [0.1, 0.15) is 47.5 Å². The Kier molecular flexibility index (Phi) is 5.46. The predicted octanol–water partition coefficient (Wildman–Crippen LogP) is 3.07. The van der Waals surface area contributed by atoms with Gasteiger partial charge in [0.15, 0.2) is 5.69 Å². The van der Waals surface area contributed by atoms with E-state index in [1.165, 1.54) is 6.07 Å². The number of hydrogen-bond acceptors (Lipinski definition) is 5. The highest BCUT2D eigenvalue weighted by molar-refractivity contribution is 5.92. The van der Waals surface area contributed by atoms with Crippen LogP contribution in [-0.4, -0.2) is 47.3 Å². The predicted molar refractivity (Wildman–Crippen MR) is 101 cm³/mol. The van der Waals surface area contributed by atoms with E-state index in [4.69, 9.17) is 9.26 Å². The van der Waals surface area contributed by atoms with Gasteiger partial charge in [-0.25, -0.2) is 4.39 Å². The van der Waals surface area contributed by atoms with Crippen molar-refractivity contribution in [3.05, 3.63) is 53.2 Å². The van der Waals surface area contributed by atoms with E-state index in [9.17, 15) is 9.18 Å². The molecule has 3 heterocycles. The zero-order valence-corrected chi connectivity index (χ0v) is 16.1. The molecule has 1 atom stereocenters. The van der Waals surface area contributed by atoms with Gasteiger partial charge >= 0.3 is 0 Å². The number of benzene rings is 1. The van der Waals surface area contributed by atoms with Crippen molar-refractivity contribution in [2.75, 3.05) is 19.6 Å². The molecule has 150 valence electrons. The Bertz CT molecular complexity index is 830. The second kappa shape index (κ2) is 8.01. The number of aromatic nitrogens is 1. The average molecular weight is 387 g/mol. The fourth-order valence-corrected chi connectivity index (χ4v) is 4.16. The smallest absolute Gasteiger partial charge is 0.273 e. The van der Waals surface area contributed by atoms with Gasteiger partial charge < -0.3 is 14.6 Å². The molecule has 1 spiro atoms. The molecule has 1 aromatic carbocycles. The van der Waals surface area contributed by atoms with Crippen LogP contribution in [0.25, 0.3) is 0 Å². The van der Waals surface area contributed by atoms with Gasteiger partial charge in [-0.15, -0.1) is 0 Å². The molecule has 7 heteroatoms. The average Bonchev–Trinajstić information content (AvgIpc) is 3.30. The van der Waals surface area contributed by atoms with Gasteiger partial charge in [0.2, 0.25) is 0 Å². The zero-order chi connectivity index (χ0) is 19.6. The summed E-state index contributed by atoms with van der Waals surface area (Å²) in [5, 5.41) is 6.62. The summed E-state index contributed by atoms with van der Waals surface area (Å²) in [5.41, 5.74) is 0.937. The van der Waals surface area contributed by atoms with Crippen molar-refractivity contribution >= 4 is 5.91 Å². The molecule has 6 nitrogen and oxygen atoms in total. The van der Waals surface area contributed by atoms with Crippen LogP contribution in [0.2, 0.25) is 0 Å². The first-order valence-electron chi connectivity index (χ1n) is 9.88. The molecule has 0 radical (unpaired) electrons. The Morgan fingerprint density at radius 1 is 1.32 bits per heavy atom. The molecule has 2 aromatic rings. The van der Waals surface area contributed by atoms with Gasteiger partial charge in [0.25, 0.3) is 5.91 Å². The van der Waals surface area contributed by atoms with Crippen LogP contribution in [0.3, 0.4) is 0 Å². The van der Waals surface area contributed by atoms with E-state index in [2.05, 4.69) is 15.4 Å². The summed E-state index contributed by atoms with van der Waals surface area (Å²) >= 11 is 0. The lowest BCUT2D eigenvalue weighted by Crippen LogP contribution is -2.45. The highest BCUT2D eigenvalue weighted by atomic mass is 19.1. The number of hydrogen-bond donors (Lipinski definition) is 1. The number of carbonyl (C=O) groups excluding carboxylic acids is 1. The molecule has 0 bridgehead atoms. The Hall–Kier alpha value is -2.25. The van der Waals surface area contributed by atoms with Gasteiger partial charge in [0, 0.05) is 37.8 Å². The van der Waals surface area contributed by atoms with Crippen molar-refractivity contribution in [3.8, 4) is 0 Å². The van der Waals surface area contributed by atoms with Crippen LogP contribution in [-0.2, 0) is 11.3 Å². The Morgan fingerprint density at radius 2 is 2.11 bits per heavy atom. The van der Waals surface area contributed by atoms with E-state index in [0.717, 1.165) is 44.3 Å². The van der Waals surface area contributed by atoms with Crippen LogP contribution in [0.4, 0.5) is 4.39 Å². The van der Waals surface area contributed by atoms with E-state index < -0.39 is 0 Å². The van der Waals surface area contributed by atoms with Gasteiger partial charge in [-0.05, 0) is 38.7 Å². The summed E-state index contributed by atoms with van der Waals surface area (Å²) in [6, 6.07) is 8.58. The summed E-state index contributed by atoms with van der Waals surface area (Å²) in [4.78, 5) is 14.4. The minimum atomic E-state index is -0.235. The maximum absolute atomic E-state index is 13.9. The third-order valence-electron chi connectivity index (χ3n) is 5.81. The molecular weight excluding hydrogens is 361 g/mol. The highest BCUT2D eigenvalue weighted by Gasteiger charge is 2.42. The van der Waals surface area contributed by atoms with Gasteiger partial charge in [0.05, 0.1) is 11.7 Å². The van der Waals surface area contributed by atoms with E-state index in [1.807, 2.05) is 12.1 Å². The molecule has 2 saturated heterocycles. The number of aryl methyl sites for hydroxylation is 1. The van der Waals surface area contributed by atoms with Crippen LogP contribution >= 0.6 is 0 Å². The monoisotopic (exact) mass is 387 g/mol. The van der Waals surface area contributed by atoms with Crippen LogP contribution in [0, 0.1) is 12.7 Å². The highest BCUT2D eigenvalue weighted by Crippen LogP contribution is 2.39. The summed E-state index contributed by atoms with van der Waals surface area (Å²) < 4.78 is 25.1. The number of nitrogens with one attached hydrogen (secondary N) is 1. The lowest BCUT2D eigenvalue weighted by molar-refractivity contribution is -0.0765. The topological polar surface area (TPSA) is 67.6 Å². The minimum Gasteiger partial charge on any atom is -0.370 e. The van der Waals surface area contributed by atoms with Crippen molar-refractivity contribution in [3.63, 3.8) is 0 Å². The number of carbonyl (C=O) groups is 1. The van der Waals surface area contributed by atoms with E-state index in [-0.39, 0.29) is 23.4 Å². The van der Waals surface area contributed by atoms with Crippen molar-refractivity contribution in [2.45, 2.75) is 50.9 Å². The fraction of sp³-hybridized carbons (Fsp3) is 0.524. The number of rotatable bonds is 5. The first-order chi connectivity index (χ1) is 13.5. The van der Waals surface area contributed by atoms with Gasteiger partial charge in [-0.2, -0.15) is 0 Å². The van der Waals surface area contributed by atoms with Gasteiger partial charge in [-0.1, -0.05) is 23.4 Å². The standard InChI is InChI=1S/C21H26FN3O3/c1-15-12-19(24-28-15)20(26)23-13-17-6-7-21(27-17)8-10-25(11-9-21)14-16-4-2-3-5-18(16)22/h2-5,12,17H,6-11,13-14H2,1H3,(H,23,26). The van der Waals surface area contributed by atoms with Crippen molar-refractivity contribution < 1.29 is 18.4 Å². The molecule has 1 unspecified atom stereocenters. The first-order valence-corrected chi connectivity index (χ1v) is 9.88. The molecule has 2 aliphatic rings. The second-order valence-corrected chi connectivity index (χ2v) is 7.86. The van der Waals surface area contributed by atoms with Crippen LogP contribution in [0.15, 0.2) is 34.9 Å². The summed E-state index contributed by atoms with van der Waals surface area (Å²) in [6.07, 6.45) is 3.84. The van der Waals surface area contributed by atoms with Gasteiger partial charge in [-0.3, -0.25) is 9.69 Å². The summed E-state index contributed by atoms with van der Waals surface area (Å²) in [6.45, 7) is 4.66. The third kappa shape index (κ3) is 4.25. The van der Waals surface area contributed by atoms with Crippen molar-refractivity contribution in [1.29, 1.82) is 0 Å². The van der Waals surface area contributed by atoms with Crippen LogP contribution in [0.5, 0.6) is 0 Å². The molecule has 28 heavy (non-hydrogen) atoms. The van der Waals surface area contributed by atoms with Crippen LogP contribution < -0.4 is 5.32 Å². The molecular formula is C21H26FN3O3. The second-order valence-electron chi connectivity index (χ2n) is 7.86. The third-order valence-corrected chi connectivity index (χ3v) is 5.81. The number of halogens is 1. The molecule has 1 amide bonds. The molecule has 0 aliphatic carbocycles. The number of piperidine rings is 1.